The Morgan fingerprint density at radius 3 is 2.76 bits per heavy atom. The van der Waals surface area contributed by atoms with E-state index in [0.717, 1.165) is 5.52 Å². The molecule has 0 fully saturated rings. The molecule has 0 aliphatic rings. The van der Waals surface area contributed by atoms with Gasteiger partial charge >= 0.3 is 0 Å². The molecule has 84 valence electrons. The molecule has 6 heteroatoms. The van der Waals surface area contributed by atoms with Crippen LogP contribution in [0.2, 0.25) is 5.02 Å². The van der Waals surface area contributed by atoms with E-state index in [1.165, 1.54) is 6.20 Å². The molecule has 0 saturated heterocycles. The van der Waals surface area contributed by atoms with Gasteiger partial charge in [-0.25, -0.2) is 15.0 Å². The largest absolute Gasteiger partial charge is 0.382 e. The van der Waals surface area contributed by atoms with Crippen molar-refractivity contribution in [2.24, 2.45) is 0 Å². The summed E-state index contributed by atoms with van der Waals surface area (Å²) < 4.78 is 0. The van der Waals surface area contributed by atoms with Crippen LogP contribution < -0.4 is 5.73 Å². The highest BCUT2D eigenvalue weighted by Crippen LogP contribution is 2.25. The second kappa shape index (κ2) is 3.71. The van der Waals surface area contributed by atoms with Gasteiger partial charge in [-0.3, -0.25) is 0 Å². The number of nitrogens with one attached hydrogen (secondary N) is 1. The van der Waals surface area contributed by atoms with Crippen molar-refractivity contribution < 1.29 is 0 Å². The molecule has 0 amide bonds. The van der Waals surface area contributed by atoms with E-state index >= 15 is 0 Å². The molecule has 2 aromatic heterocycles. The molecule has 0 bridgehead atoms. The van der Waals surface area contributed by atoms with Gasteiger partial charge < -0.3 is 10.7 Å². The van der Waals surface area contributed by atoms with E-state index in [9.17, 15) is 0 Å². The summed E-state index contributed by atoms with van der Waals surface area (Å²) in [6, 6.07) is 5.53. The molecular weight excluding hydrogens is 238 g/mol. The van der Waals surface area contributed by atoms with Crippen molar-refractivity contribution in [2.75, 3.05) is 5.73 Å². The van der Waals surface area contributed by atoms with E-state index in [1.54, 1.807) is 12.3 Å². The maximum absolute atomic E-state index is 6.05. The molecule has 0 aliphatic carbocycles. The number of H-pyrrole nitrogens is 1. The number of anilines is 1. The lowest BCUT2D eigenvalue weighted by atomic mass is 10.3. The van der Waals surface area contributed by atoms with Gasteiger partial charge in [-0.05, 0) is 12.1 Å². The summed E-state index contributed by atoms with van der Waals surface area (Å²) in [6.45, 7) is 0. The van der Waals surface area contributed by atoms with Gasteiger partial charge in [0.15, 0.2) is 11.6 Å². The zero-order chi connectivity index (χ0) is 11.8. The normalized spacial score (nSPS) is 10.9. The summed E-state index contributed by atoms with van der Waals surface area (Å²) in [5, 5.41) is 0.590. The number of rotatable bonds is 1. The van der Waals surface area contributed by atoms with Crippen LogP contribution in [0.25, 0.3) is 22.6 Å². The Kier molecular flexibility index (Phi) is 2.19. The third-order valence-corrected chi connectivity index (χ3v) is 2.72. The van der Waals surface area contributed by atoms with Crippen molar-refractivity contribution in [3.63, 3.8) is 0 Å². The predicted octanol–water partition coefficient (Wildman–Crippen LogP) is 2.26. The van der Waals surface area contributed by atoms with Gasteiger partial charge in [0, 0.05) is 12.4 Å². The second-order valence-electron chi connectivity index (χ2n) is 3.51. The lowest BCUT2D eigenvalue weighted by Gasteiger charge is -1.97. The Bertz CT molecular complexity index is 691. The number of para-hydroxylation sites is 1. The fourth-order valence-electron chi connectivity index (χ4n) is 1.64. The Balaban J connectivity index is 2.26. The Morgan fingerprint density at radius 2 is 2.00 bits per heavy atom. The average Bonchev–Trinajstić information content (AvgIpc) is 2.75. The monoisotopic (exact) mass is 245 g/mol. The van der Waals surface area contributed by atoms with Gasteiger partial charge in [-0.1, -0.05) is 17.7 Å². The number of imidazole rings is 1. The third kappa shape index (κ3) is 1.60. The van der Waals surface area contributed by atoms with Crippen LogP contribution in [0.4, 0.5) is 5.82 Å². The molecule has 0 atom stereocenters. The van der Waals surface area contributed by atoms with Crippen molar-refractivity contribution >= 4 is 28.5 Å². The molecule has 3 N–H and O–H groups in total. The van der Waals surface area contributed by atoms with Gasteiger partial charge in [0.25, 0.3) is 0 Å². The number of aromatic nitrogens is 4. The molecule has 17 heavy (non-hydrogen) atoms. The van der Waals surface area contributed by atoms with Crippen LogP contribution in [-0.2, 0) is 0 Å². The van der Waals surface area contributed by atoms with Crippen molar-refractivity contribution in [1.82, 2.24) is 19.9 Å². The number of nitrogens with zero attached hydrogens (tertiary/aromatic N) is 3. The molecule has 0 radical (unpaired) electrons. The van der Waals surface area contributed by atoms with E-state index in [-0.39, 0.29) is 0 Å². The van der Waals surface area contributed by atoms with E-state index in [2.05, 4.69) is 19.9 Å². The molecule has 3 aromatic rings. The fraction of sp³-hybridized carbons (Fsp3) is 0. The van der Waals surface area contributed by atoms with Gasteiger partial charge in [0.05, 0.1) is 10.5 Å². The number of fused-ring (bicyclic) bond motifs is 1. The van der Waals surface area contributed by atoms with Crippen LogP contribution in [0.5, 0.6) is 0 Å². The Labute approximate surface area is 102 Å². The number of halogens is 1. The molecule has 1 aromatic carbocycles. The van der Waals surface area contributed by atoms with E-state index < -0.39 is 0 Å². The number of aromatic amines is 1. The smallest absolute Gasteiger partial charge is 0.161 e. The van der Waals surface area contributed by atoms with E-state index in [4.69, 9.17) is 17.3 Å². The fourth-order valence-corrected chi connectivity index (χ4v) is 1.86. The highest BCUT2D eigenvalue weighted by molar-refractivity contribution is 6.35. The van der Waals surface area contributed by atoms with Gasteiger partial charge in [0.2, 0.25) is 0 Å². The number of hydrogen-bond donors (Lipinski definition) is 2. The topological polar surface area (TPSA) is 80.5 Å². The first-order chi connectivity index (χ1) is 8.25. The second-order valence-corrected chi connectivity index (χ2v) is 3.92. The minimum Gasteiger partial charge on any atom is -0.382 e. The van der Waals surface area contributed by atoms with Crippen molar-refractivity contribution in [2.45, 2.75) is 0 Å². The molecule has 2 heterocycles. The molecule has 3 rings (SSSR count). The summed E-state index contributed by atoms with van der Waals surface area (Å²) in [5.74, 6) is 0.904. The maximum atomic E-state index is 6.05. The van der Waals surface area contributed by atoms with Crippen LogP contribution in [-0.4, -0.2) is 19.9 Å². The number of hydrogen-bond acceptors (Lipinski definition) is 4. The summed E-state index contributed by atoms with van der Waals surface area (Å²) in [4.78, 5) is 15.6. The zero-order valence-electron chi connectivity index (χ0n) is 8.68. The SMILES string of the molecule is Nc1nccnc1-c1nc2c(Cl)cccc2[nH]1. The first-order valence-electron chi connectivity index (χ1n) is 4.97. The number of nitrogen functional groups attached to an aromatic ring is 1. The van der Waals surface area contributed by atoms with Gasteiger partial charge in [0.1, 0.15) is 11.2 Å². The lowest BCUT2D eigenvalue weighted by molar-refractivity contribution is 1.17. The summed E-state index contributed by atoms with van der Waals surface area (Å²) in [6.07, 6.45) is 3.11. The van der Waals surface area contributed by atoms with Crippen molar-refractivity contribution in [1.29, 1.82) is 0 Å². The van der Waals surface area contributed by atoms with Crippen LogP contribution >= 0.6 is 11.6 Å². The minimum atomic E-state index is 0.336. The quantitative estimate of drug-likeness (QED) is 0.689. The molecule has 0 unspecified atom stereocenters. The molecular formula is C11H8ClN5. The van der Waals surface area contributed by atoms with Crippen LogP contribution in [0.15, 0.2) is 30.6 Å². The minimum absolute atomic E-state index is 0.336. The maximum Gasteiger partial charge on any atom is 0.161 e. The van der Waals surface area contributed by atoms with Crippen molar-refractivity contribution in [3.8, 4) is 11.5 Å². The first kappa shape index (κ1) is 10.0. The Morgan fingerprint density at radius 1 is 1.18 bits per heavy atom. The Hall–Kier alpha value is -2.14. The van der Waals surface area contributed by atoms with E-state index in [0.29, 0.717) is 27.9 Å². The third-order valence-electron chi connectivity index (χ3n) is 2.41. The highest BCUT2D eigenvalue weighted by atomic mass is 35.5. The number of nitrogens with two attached hydrogens (primary N) is 1. The lowest BCUT2D eigenvalue weighted by Crippen LogP contribution is -1.96. The first-order valence-corrected chi connectivity index (χ1v) is 5.34. The standard InChI is InChI=1S/C11H8ClN5/c12-6-2-1-3-7-8(6)17-11(16-7)9-10(13)15-5-4-14-9/h1-5H,(H2,13,15)(H,16,17). The summed E-state index contributed by atoms with van der Waals surface area (Å²) in [7, 11) is 0. The van der Waals surface area contributed by atoms with Gasteiger partial charge in [-0.2, -0.15) is 0 Å². The molecule has 0 spiro atoms. The van der Waals surface area contributed by atoms with Crippen molar-refractivity contribution in [3.05, 3.63) is 35.6 Å². The van der Waals surface area contributed by atoms with Crippen LogP contribution in [0.3, 0.4) is 0 Å². The van der Waals surface area contributed by atoms with Crippen LogP contribution in [0, 0.1) is 0 Å². The average molecular weight is 246 g/mol. The van der Waals surface area contributed by atoms with Crippen LogP contribution in [0.1, 0.15) is 0 Å². The predicted molar refractivity (Wildman–Crippen MR) is 66.5 cm³/mol. The summed E-state index contributed by atoms with van der Waals surface area (Å²) >= 11 is 6.05. The summed E-state index contributed by atoms with van der Waals surface area (Å²) in [5.41, 5.74) is 7.82. The molecule has 5 nitrogen and oxygen atoms in total. The number of benzene rings is 1. The molecule has 0 saturated carbocycles. The van der Waals surface area contributed by atoms with Gasteiger partial charge in [-0.15, -0.1) is 0 Å². The highest BCUT2D eigenvalue weighted by Gasteiger charge is 2.11. The van der Waals surface area contributed by atoms with E-state index in [1.807, 2.05) is 12.1 Å². The zero-order valence-corrected chi connectivity index (χ0v) is 9.44. The molecule has 0 aliphatic heterocycles.